The Labute approximate surface area is 187 Å². The number of rotatable bonds is 4. The Morgan fingerprint density at radius 2 is 1.71 bits per heavy atom. The molecule has 1 aliphatic heterocycles. The molecule has 3 aromatic carbocycles. The topological polar surface area (TPSA) is 38.1 Å². The molecule has 1 saturated heterocycles. The minimum Gasteiger partial charge on any atom is -0.323 e. The highest BCUT2D eigenvalue weighted by atomic mass is 35.5. The quantitative estimate of drug-likeness (QED) is 0.406. The lowest BCUT2D eigenvalue weighted by Crippen LogP contribution is -2.24. The van der Waals surface area contributed by atoms with Crippen LogP contribution < -0.4 is 4.90 Å². The molecule has 1 amide bonds. The van der Waals surface area contributed by atoms with Gasteiger partial charge in [0, 0.05) is 36.1 Å². The van der Waals surface area contributed by atoms with E-state index in [2.05, 4.69) is 42.7 Å². The molecule has 0 spiro atoms. The number of hydrogen-bond donors (Lipinski definition) is 0. The summed E-state index contributed by atoms with van der Waals surface area (Å²) in [6.07, 6.45) is 0.469. The maximum Gasteiger partial charge on any atom is 0.227 e. The van der Waals surface area contributed by atoms with Crippen molar-refractivity contribution in [2.45, 2.75) is 32.7 Å². The van der Waals surface area contributed by atoms with Crippen molar-refractivity contribution in [2.24, 2.45) is 0 Å². The van der Waals surface area contributed by atoms with E-state index >= 15 is 0 Å². The molecule has 1 aromatic heterocycles. The second-order valence-corrected chi connectivity index (χ2v) is 8.86. The van der Waals surface area contributed by atoms with Gasteiger partial charge in [-0.05, 0) is 66.9 Å². The first-order valence-corrected chi connectivity index (χ1v) is 10.9. The maximum absolute atomic E-state index is 13.0. The number of aryl methyl sites for hydroxylation is 2. The summed E-state index contributed by atoms with van der Waals surface area (Å²) in [5.74, 6) is 1.17. The van der Waals surface area contributed by atoms with Gasteiger partial charge in [-0.15, -0.1) is 0 Å². The monoisotopic (exact) mass is 429 g/mol. The molecule has 0 N–H and O–H groups in total. The maximum atomic E-state index is 13.0. The zero-order valence-electron chi connectivity index (χ0n) is 17.7. The van der Waals surface area contributed by atoms with Crippen LogP contribution in [0, 0.1) is 13.8 Å². The number of aromatic nitrogens is 2. The number of amides is 1. The van der Waals surface area contributed by atoms with Crippen LogP contribution in [0.2, 0.25) is 5.02 Å². The van der Waals surface area contributed by atoms with E-state index < -0.39 is 0 Å². The summed E-state index contributed by atoms with van der Waals surface area (Å²) in [6.45, 7) is 5.48. The lowest BCUT2D eigenvalue weighted by molar-refractivity contribution is -0.117. The van der Waals surface area contributed by atoms with Crippen LogP contribution in [0.4, 0.5) is 5.69 Å². The zero-order valence-corrected chi connectivity index (χ0v) is 18.4. The number of nitrogens with zero attached hydrogens (tertiary/aromatic N) is 3. The molecular formula is C26H24ClN3O. The fourth-order valence-corrected chi connectivity index (χ4v) is 4.71. The Bertz CT molecular complexity index is 1260. The Kier molecular flexibility index (Phi) is 5.03. The van der Waals surface area contributed by atoms with Gasteiger partial charge in [0.25, 0.3) is 0 Å². The molecule has 31 heavy (non-hydrogen) atoms. The number of halogens is 1. The van der Waals surface area contributed by atoms with E-state index in [0.29, 0.717) is 19.5 Å². The summed E-state index contributed by atoms with van der Waals surface area (Å²) in [5.41, 5.74) is 6.52. The number of carbonyl (C=O) groups is 1. The third-order valence-electron chi connectivity index (χ3n) is 5.95. The first-order chi connectivity index (χ1) is 15.0. The van der Waals surface area contributed by atoms with Crippen LogP contribution in [0.3, 0.4) is 0 Å². The minimum absolute atomic E-state index is 0.0491. The van der Waals surface area contributed by atoms with Gasteiger partial charge in [-0.2, -0.15) is 0 Å². The highest BCUT2D eigenvalue weighted by molar-refractivity contribution is 6.30. The minimum atomic E-state index is 0.0491. The number of hydrogen-bond acceptors (Lipinski definition) is 2. The molecule has 1 unspecified atom stereocenters. The van der Waals surface area contributed by atoms with Crippen molar-refractivity contribution in [2.75, 3.05) is 11.4 Å². The number of para-hydroxylation sites is 2. The van der Waals surface area contributed by atoms with E-state index in [1.807, 2.05) is 47.4 Å². The van der Waals surface area contributed by atoms with Gasteiger partial charge in [0.2, 0.25) is 5.91 Å². The molecule has 4 aromatic rings. The SMILES string of the molecule is Cc1cc(C)cc(N2CC(c3nc4ccccc4n3Cc3ccc(Cl)cc3)CC2=O)c1. The van der Waals surface area contributed by atoms with Crippen molar-refractivity contribution in [1.29, 1.82) is 0 Å². The molecule has 2 heterocycles. The van der Waals surface area contributed by atoms with Gasteiger partial charge in [0.1, 0.15) is 5.82 Å². The molecular weight excluding hydrogens is 406 g/mol. The first-order valence-electron chi connectivity index (χ1n) is 10.6. The van der Waals surface area contributed by atoms with Gasteiger partial charge >= 0.3 is 0 Å². The summed E-state index contributed by atoms with van der Waals surface area (Å²) < 4.78 is 2.25. The van der Waals surface area contributed by atoms with Crippen molar-refractivity contribution in [3.05, 3.63) is 94.3 Å². The van der Waals surface area contributed by atoms with Gasteiger partial charge in [0.05, 0.1) is 11.0 Å². The normalized spacial score (nSPS) is 16.4. The van der Waals surface area contributed by atoms with E-state index in [0.717, 1.165) is 33.1 Å². The summed E-state index contributed by atoms with van der Waals surface area (Å²) in [4.78, 5) is 19.9. The zero-order chi connectivity index (χ0) is 21.5. The molecule has 0 bridgehead atoms. The van der Waals surface area contributed by atoms with Crippen LogP contribution >= 0.6 is 11.6 Å². The molecule has 156 valence electrons. The molecule has 0 saturated carbocycles. The average Bonchev–Trinajstić information content (AvgIpc) is 3.30. The second kappa shape index (κ2) is 7.86. The molecule has 4 nitrogen and oxygen atoms in total. The molecule has 1 atom stereocenters. The standard InChI is InChI=1S/C26H24ClN3O/c1-17-11-18(2)13-22(12-17)29-16-20(14-25(29)31)26-28-23-5-3-4-6-24(23)30(26)15-19-7-9-21(27)10-8-19/h3-13,20H,14-16H2,1-2H3. The van der Waals surface area contributed by atoms with E-state index in [4.69, 9.17) is 16.6 Å². The average molecular weight is 430 g/mol. The molecule has 0 radical (unpaired) electrons. The molecule has 1 fully saturated rings. The van der Waals surface area contributed by atoms with Crippen LogP contribution in [0.1, 0.15) is 34.9 Å². The first kappa shape index (κ1) is 19.8. The van der Waals surface area contributed by atoms with Crippen LogP contribution in [0.5, 0.6) is 0 Å². The predicted molar refractivity (Wildman–Crippen MR) is 126 cm³/mol. The fraction of sp³-hybridized carbons (Fsp3) is 0.231. The van der Waals surface area contributed by atoms with Crippen LogP contribution in [0.15, 0.2) is 66.7 Å². The number of imidazole rings is 1. The number of anilines is 1. The van der Waals surface area contributed by atoms with Gasteiger partial charge in [-0.25, -0.2) is 4.98 Å². The Hall–Kier alpha value is -3.11. The van der Waals surface area contributed by atoms with Gasteiger partial charge < -0.3 is 9.47 Å². The van der Waals surface area contributed by atoms with E-state index in [1.165, 1.54) is 11.1 Å². The molecule has 0 aliphatic carbocycles. The van der Waals surface area contributed by atoms with Crippen molar-refractivity contribution in [3.8, 4) is 0 Å². The Morgan fingerprint density at radius 1 is 1.00 bits per heavy atom. The van der Waals surface area contributed by atoms with Gasteiger partial charge in [0.15, 0.2) is 0 Å². The summed E-state index contributed by atoms with van der Waals surface area (Å²) in [6, 6.07) is 22.4. The number of benzene rings is 3. The van der Waals surface area contributed by atoms with Crippen molar-refractivity contribution in [3.63, 3.8) is 0 Å². The predicted octanol–water partition coefficient (Wildman–Crippen LogP) is 5.88. The number of carbonyl (C=O) groups excluding carboxylic acids is 1. The molecule has 1 aliphatic rings. The Balaban J connectivity index is 1.52. The third kappa shape index (κ3) is 3.84. The van der Waals surface area contributed by atoms with Crippen molar-refractivity contribution in [1.82, 2.24) is 9.55 Å². The summed E-state index contributed by atoms with van der Waals surface area (Å²) in [5, 5.41) is 0.727. The third-order valence-corrected chi connectivity index (χ3v) is 6.20. The molecule has 5 heteroatoms. The van der Waals surface area contributed by atoms with E-state index in [-0.39, 0.29) is 11.8 Å². The molecule has 5 rings (SSSR count). The van der Waals surface area contributed by atoms with Crippen LogP contribution in [-0.2, 0) is 11.3 Å². The smallest absolute Gasteiger partial charge is 0.227 e. The van der Waals surface area contributed by atoms with Crippen molar-refractivity contribution >= 4 is 34.2 Å². The van der Waals surface area contributed by atoms with E-state index in [9.17, 15) is 4.79 Å². The summed E-state index contributed by atoms with van der Waals surface area (Å²) in [7, 11) is 0. The fourth-order valence-electron chi connectivity index (χ4n) is 4.58. The lowest BCUT2D eigenvalue weighted by Gasteiger charge is -2.19. The van der Waals surface area contributed by atoms with E-state index in [1.54, 1.807) is 0 Å². The summed E-state index contributed by atoms with van der Waals surface area (Å²) >= 11 is 6.07. The Morgan fingerprint density at radius 3 is 2.45 bits per heavy atom. The lowest BCUT2D eigenvalue weighted by atomic mass is 10.1. The number of fused-ring (bicyclic) bond motifs is 1. The largest absolute Gasteiger partial charge is 0.323 e. The highest BCUT2D eigenvalue weighted by Crippen LogP contribution is 2.34. The van der Waals surface area contributed by atoms with Crippen molar-refractivity contribution < 1.29 is 4.79 Å². The van der Waals surface area contributed by atoms with Crippen LogP contribution in [-0.4, -0.2) is 22.0 Å². The highest BCUT2D eigenvalue weighted by Gasteiger charge is 2.35. The van der Waals surface area contributed by atoms with Crippen LogP contribution in [0.25, 0.3) is 11.0 Å². The van der Waals surface area contributed by atoms with Gasteiger partial charge in [-0.1, -0.05) is 41.9 Å². The second-order valence-electron chi connectivity index (χ2n) is 8.42. The van der Waals surface area contributed by atoms with Gasteiger partial charge in [-0.3, -0.25) is 4.79 Å².